The second kappa shape index (κ2) is 5.59. The van der Waals surface area contributed by atoms with E-state index in [1.807, 2.05) is 19.9 Å². The number of nitrogens with zero attached hydrogens (tertiary/aromatic N) is 2. The molecule has 0 fully saturated rings. The highest BCUT2D eigenvalue weighted by Gasteiger charge is 2.18. The van der Waals surface area contributed by atoms with Gasteiger partial charge in [-0.15, -0.1) is 0 Å². The zero-order valence-electron chi connectivity index (χ0n) is 8.00. The van der Waals surface area contributed by atoms with Gasteiger partial charge < -0.3 is 4.90 Å². The SMILES string of the molecule is CCCN(C)C(=O)C(C#N)CC. The van der Waals surface area contributed by atoms with E-state index in [2.05, 4.69) is 0 Å². The third-order valence-corrected chi connectivity index (χ3v) is 1.80. The van der Waals surface area contributed by atoms with Crippen LogP contribution in [0.1, 0.15) is 26.7 Å². The predicted molar refractivity (Wildman–Crippen MR) is 47.3 cm³/mol. The molecule has 12 heavy (non-hydrogen) atoms. The Hall–Kier alpha value is -1.04. The lowest BCUT2D eigenvalue weighted by atomic mass is 10.1. The van der Waals surface area contributed by atoms with Gasteiger partial charge in [0.2, 0.25) is 5.91 Å². The van der Waals surface area contributed by atoms with Crippen molar-refractivity contribution >= 4 is 5.91 Å². The fourth-order valence-electron chi connectivity index (χ4n) is 1.03. The van der Waals surface area contributed by atoms with Crippen LogP contribution >= 0.6 is 0 Å². The summed E-state index contributed by atoms with van der Waals surface area (Å²) in [6.07, 6.45) is 1.54. The summed E-state index contributed by atoms with van der Waals surface area (Å²) in [5.41, 5.74) is 0. The molecule has 0 spiro atoms. The molecule has 1 amide bonds. The van der Waals surface area contributed by atoms with Gasteiger partial charge >= 0.3 is 0 Å². The van der Waals surface area contributed by atoms with Crippen molar-refractivity contribution in [2.24, 2.45) is 5.92 Å². The molecule has 0 saturated carbocycles. The summed E-state index contributed by atoms with van der Waals surface area (Å²) in [6.45, 7) is 4.60. The predicted octanol–water partition coefficient (Wildman–Crippen LogP) is 1.40. The van der Waals surface area contributed by atoms with Crippen LogP contribution in [-0.2, 0) is 4.79 Å². The Morgan fingerprint density at radius 3 is 2.50 bits per heavy atom. The first-order chi connectivity index (χ1) is 5.67. The number of carbonyl (C=O) groups is 1. The normalized spacial score (nSPS) is 11.8. The monoisotopic (exact) mass is 168 g/mol. The fourth-order valence-corrected chi connectivity index (χ4v) is 1.03. The lowest BCUT2D eigenvalue weighted by molar-refractivity contribution is -0.132. The van der Waals surface area contributed by atoms with Crippen LogP contribution in [0.25, 0.3) is 0 Å². The molecule has 0 aliphatic carbocycles. The van der Waals surface area contributed by atoms with Crippen molar-refractivity contribution in [3.63, 3.8) is 0 Å². The van der Waals surface area contributed by atoms with Crippen molar-refractivity contribution in [1.29, 1.82) is 5.26 Å². The number of hydrogen-bond donors (Lipinski definition) is 0. The summed E-state index contributed by atoms with van der Waals surface area (Å²) in [4.78, 5) is 13.0. The molecule has 0 aliphatic heterocycles. The van der Waals surface area contributed by atoms with E-state index in [0.29, 0.717) is 6.42 Å². The van der Waals surface area contributed by atoms with Crippen molar-refractivity contribution in [2.75, 3.05) is 13.6 Å². The molecule has 0 aromatic carbocycles. The number of carbonyl (C=O) groups excluding carboxylic acids is 1. The van der Waals surface area contributed by atoms with Crippen molar-refractivity contribution in [1.82, 2.24) is 4.90 Å². The average molecular weight is 168 g/mol. The Morgan fingerprint density at radius 1 is 1.58 bits per heavy atom. The fraction of sp³-hybridized carbons (Fsp3) is 0.778. The van der Waals surface area contributed by atoms with Gasteiger partial charge in [0.05, 0.1) is 6.07 Å². The number of amides is 1. The quantitative estimate of drug-likeness (QED) is 0.637. The average Bonchev–Trinajstić information content (AvgIpc) is 2.07. The van der Waals surface area contributed by atoms with E-state index in [1.165, 1.54) is 0 Å². The van der Waals surface area contributed by atoms with Crippen molar-refractivity contribution in [3.8, 4) is 6.07 Å². The molecule has 0 aromatic rings. The topological polar surface area (TPSA) is 44.1 Å². The zero-order chi connectivity index (χ0) is 9.56. The highest BCUT2D eigenvalue weighted by atomic mass is 16.2. The molecule has 1 unspecified atom stereocenters. The molecule has 3 heteroatoms. The first-order valence-corrected chi connectivity index (χ1v) is 4.31. The molecule has 0 saturated heterocycles. The summed E-state index contributed by atoms with van der Waals surface area (Å²) in [7, 11) is 1.74. The van der Waals surface area contributed by atoms with Crippen molar-refractivity contribution in [3.05, 3.63) is 0 Å². The van der Waals surface area contributed by atoms with E-state index < -0.39 is 5.92 Å². The Morgan fingerprint density at radius 2 is 2.17 bits per heavy atom. The minimum Gasteiger partial charge on any atom is -0.345 e. The van der Waals surface area contributed by atoms with Gasteiger partial charge in [-0.05, 0) is 12.8 Å². The first-order valence-electron chi connectivity index (χ1n) is 4.31. The smallest absolute Gasteiger partial charge is 0.239 e. The third-order valence-electron chi connectivity index (χ3n) is 1.80. The second-order valence-electron chi connectivity index (χ2n) is 2.85. The van der Waals surface area contributed by atoms with Crippen molar-refractivity contribution in [2.45, 2.75) is 26.7 Å². The molecule has 0 rings (SSSR count). The lowest BCUT2D eigenvalue weighted by Gasteiger charge is -2.18. The van der Waals surface area contributed by atoms with Gasteiger partial charge in [-0.2, -0.15) is 5.26 Å². The summed E-state index contributed by atoms with van der Waals surface area (Å²) < 4.78 is 0. The van der Waals surface area contributed by atoms with Crippen LogP contribution in [0.3, 0.4) is 0 Å². The maximum absolute atomic E-state index is 11.4. The molecule has 0 heterocycles. The zero-order valence-corrected chi connectivity index (χ0v) is 8.00. The highest BCUT2D eigenvalue weighted by Crippen LogP contribution is 2.05. The molecular formula is C9H16N2O. The van der Waals surface area contributed by atoms with Crippen LogP contribution in [0.2, 0.25) is 0 Å². The summed E-state index contributed by atoms with van der Waals surface area (Å²) >= 11 is 0. The van der Waals surface area contributed by atoms with Crippen LogP contribution in [0.4, 0.5) is 0 Å². The van der Waals surface area contributed by atoms with Gasteiger partial charge in [-0.1, -0.05) is 13.8 Å². The van der Waals surface area contributed by atoms with Gasteiger partial charge in [0.25, 0.3) is 0 Å². The van der Waals surface area contributed by atoms with Crippen LogP contribution < -0.4 is 0 Å². The number of hydrogen-bond acceptors (Lipinski definition) is 2. The molecule has 1 atom stereocenters. The van der Waals surface area contributed by atoms with E-state index in [9.17, 15) is 4.79 Å². The first kappa shape index (κ1) is 11.0. The molecular weight excluding hydrogens is 152 g/mol. The van der Waals surface area contributed by atoms with E-state index in [1.54, 1.807) is 11.9 Å². The van der Waals surface area contributed by atoms with Gasteiger partial charge in [-0.3, -0.25) is 4.79 Å². The third kappa shape index (κ3) is 2.91. The van der Waals surface area contributed by atoms with E-state index in [4.69, 9.17) is 5.26 Å². The van der Waals surface area contributed by atoms with Crippen LogP contribution in [-0.4, -0.2) is 24.4 Å². The molecule has 68 valence electrons. The molecule has 0 N–H and O–H groups in total. The summed E-state index contributed by atoms with van der Waals surface area (Å²) in [5, 5.41) is 8.62. The largest absolute Gasteiger partial charge is 0.345 e. The minimum atomic E-state index is -0.457. The maximum atomic E-state index is 11.4. The Balaban J connectivity index is 4.09. The van der Waals surface area contributed by atoms with E-state index in [0.717, 1.165) is 13.0 Å². The van der Waals surface area contributed by atoms with Gasteiger partial charge in [0.15, 0.2) is 0 Å². The number of nitriles is 1. The number of rotatable bonds is 4. The molecule has 3 nitrogen and oxygen atoms in total. The van der Waals surface area contributed by atoms with Crippen molar-refractivity contribution < 1.29 is 4.79 Å². The van der Waals surface area contributed by atoms with Crippen LogP contribution in [0.15, 0.2) is 0 Å². The van der Waals surface area contributed by atoms with E-state index in [-0.39, 0.29) is 5.91 Å². The second-order valence-corrected chi connectivity index (χ2v) is 2.85. The lowest BCUT2D eigenvalue weighted by Crippen LogP contribution is -2.32. The molecule has 0 bridgehead atoms. The Bertz CT molecular complexity index is 183. The van der Waals surface area contributed by atoms with E-state index >= 15 is 0 Å². The van der Waals surface area contributed by atoms with Crippen LogP contribution in [0, 0.1) is 17.2 Å². The molecule has 0 aromatic heterocycles. The van der Waals surface area contributed by atoms with Gasteiger partial charge in [-0.25, -0.2) is 0 Å². The Kier molecular flexibility index (Phi) is 5.11. The van der Waals surface area contributed by atoms with Gasteiger partial charge in [0, 0.05) is 13.6 Å². The van der Waals surface area contributed by atoms with Gasteiger partial charge in [0.1, 0.15) is 5.92 Å². The van der Waals surface area contributed by atoms with Crippen LogP contribution in [0.5, 0.6) is 0 Å². The molecule has 0 aliphatic rings. The summed E-state index contributed by atoms with van der Waals surface area (Å²) in [6, 6.07) is 2.00. The standard InChI is InChI=1S/C9H16N2O/c1-4-6-11(3)9(12)8(5-2)7-10/h8H,4-6H2,1-3H3. The summed E-state index contributed by atoms with van der Waals surface area (Å²) in [5.74, 6) is -0.511. The Labute approximate surface area is 74.0 Å². The molecule has 0 radical (unpaired) electrons. The minimum absolute atomic E-state index is 0.0538. The maximum Gasteiger partial charge on any atom is 0.239 e. The highest BCUT2D eigenvalue weighted by molar-refractivity contribution is 5.80.